The zero-order valence-electron chi connectivity index (χ0n) is 16.0. The lowest BCUT2D eigenvalue weighted by atomic mass is 10.1. The second kappa shape index (κ2) is 8.82. The van der Waals surface area contributed by atoms with Gasteiger partial charge in [-0.05, 0) is 44.2 Å². The molecule has 9 nitrogen and oxygen atoms in total. The summed E-state index contributed by atoms with van der Waals surface area (Å²) >= 11 is 0. The van der Waals surface area contributed by atoms with E-state index in [1.807, 2.05) is 0 Å². The van der Waals surface area contributed by atoms with Crippen molar-refractivity contribution in [3.05, 3.63) is 58.6 Å². The van der Waals surface area contributed by atoms with Crippen molar-refractivity contribution in [2.75, 3.05) is 0 Å². The molecule has 0 spiro atoms. The van der Waals surface area contributed by atoms with Crippen LogP contribution < -0.4 is 15.6 Å². The maximum atomic E-state index is 12.9. The number of aliphatic hydroxyl groups is 1. The summed E-state index contributed by atoms with van der Waals surface area (Å²) in [5, 5.41) is 22.8. The van der Waals surface area contributed by atoms with Crippen molar-refractivity contribution in [2.24, 2.45) is 0 Å². The van der Waals surface area contributed by atoms with Crippen LogP contribution in [0.15, 0.2) is 47.5 Å². The maximum Gasteiger partial charge on any atom is 0.387 e. The molecule has 2 atom stereocenters. The van der Waals surface area contributed by atoms with Crippen molar-refractivity contribution in [1.29, 1.82) is 0 Å². The zero-order valence-corrected chi connectivity index (χ0v) is 16.0. The van der Waals surface area contributed by atoms with Crippen LogP contribution in [0.3, 0.4) is 0 Å². The fourth-order valence-electron chi connectivity index (χ4n) is 2.55. The fraction of sp³-hybridized carbons (Fsp3) is 0.263. The third-order valence-corrected chi connectivity index (χ3v) is 4.34. The maximum absolute atomic E-state index is 12.9. The van der Waals surface area contributed by atoms with Crippen LogP contribution in [0.25, 0.3) is 16.9 Å². The summed E-state index contributed by atoms with van der Waals surface area (Å²) in [4.78, 5) is 25.5. The van der Waals surface area contributed by atoms with Gasteiger partial charge < -0.3 is 15.2 Å². The minimum Gasteiger partial charge on any atom is -0.435 e. The number of carbonyl (C=O) groups excluding carboxylic acids is 1. The first-order chi connectivity index (χ1) is 14.3. The van der Waals surface area contributed by atoms with Crippen LogP contribution in [0.4, 0.5) is 8.78 Å². The van der Waals surface area contributed by atoms with Crippen LogP contribution >= 0.6 is 0 Å². The molecule has 158 valence electrons. The Hall–Kier alpha value is -3.60. The number of halogens is 2. The molecule has 0 saturated carbocycles. The Kier molecular flexibility index (Phi) is 6.21. The van der Waals surface area contributed by atoms with Gasteiger partial charge >= 0.3 is 6.61 Å². The summed E-state index contributed by atoms with van der Waals surface area (Å²) < 4.78 is 30.0. The summed E-state index contributed by atoms with van der Waals surface area (Å²) in [5.74, 6) is -0.729. The van der Waals surface area contributed by atoms with E-state index in [0.29, 0.717) is 11.3 Å². The van der Waals surface area contributed by atoms with E-state index >= 15 is 0 Å². The molecule has 0 aliphatic rings. The Labute approximate surface area is 169 Å². The molecule has 0 fully saturated rings. The molecule has 2 heterocycles. The van der Waals surface area contributed by atoms with Gasteiger partial charge in [0.2, 0.25) is 0 Å². The number of alkyl halides is 2. The molecular weight excluding hydrogens is 400 g/mol. The van der Waals surface area contributed by atoms with E-state index in [2.05, 4.69) is 25.3 Å². The quantitative estimate of drug-likeness (QED) is 0.536. The van der Waals surface area contributed by atoms with Crippen LogP contribution in [0, 0.1) is 0 Å². The highest BCUT2D eigenvalue weighted by Gasteiger charge is 2.20. The van der Waals surface area contributed by atoms with E-state index < -0.39 is 30.2 Å². The van der Waals surface area contributed by atoms with Crippen LogP contribution in [-0.2, 0) is 0 Å². The van der Waals surface area contributed by atoms with E-state index in [1.54, 1.807) is 6.92 Å². The van der Waals surface area contributed by atoms with E-state index in [9.17, 15) is 23.5 Å². The number of aromatic nitrogens is 4. The number of carbonyl (C=O) groups is 1. The largest absolute Gasteiger partial charge is 0.435 e. The summed E-state index contributed by atoms with van der Waals surface area (Å²) in [6, 6.07) is 6.31. The lowest BCUT2D eigenvalue weighted by molar-refractivity contribution is -0.0498. The third kappa shape index (κ3) is 4.69. The standard InChI is InChI=1S/C19H19F2N5O4/c1-10(11(2)27)24-17(28)15-7-16(12-3-5-14(6-4-12)30-19(20)21)25-26(18(15)29)13-8-22-23-9-13/h3-11,19,27H,1-2H3,(H,22,23)(H,24,28). The monoisotopic (exact) mass is 419 g/mol. The molecule has 1 amide bonds. The predicted molar refractivity (Wildman–Crippen MR) is 103 cm³/mol. The molecule has 3 rings (SSSR count). The fourth-order valence-corrected chi connectivity index (χ4v) is 2.55. The SMILES string of the molecule is CC(O)C(C)NC(=O)c1cc(-c2ccc(OC(F)F)cc2)nn(-c2cn[nH]c2)c1=O. The molecule has 2 aromatic heterocycles. The topological polar surface area (TPSA) is 122 Å². The van der Waals surface area contributed by atoms with E-state index in [4.69, 9.17) is 0 Å². The molecule has 2 unspecified atom stereocenters. The summed E-state index contributed by atoms with van der Waals surface area (Å²) in [7, 11) is 0. The van der Waals surface area contributed by atoms with Gasteiger partial charge in [-0.1, -0.05) is 0 Å². The van der Waals surface area contributed by atoms with Crippen molar-refractivity contribution in [3.63, 3.8) is 0 Å². The highest BCUT2D eigenvalue weighted by Crippen LogP contribution is 2.22. The number of H-pyrrole nitrogens is 1. The van der Waals surface area contributed by atoms with Gasteiger partial charge in [-0.3, -0.25) is 14.7 Å². The lowest BCUT2D eigenvalue weighted by Crippen LogP contribution is -2.42. The normalized spacial score (nSPS) is 13.1. The van der Waals surface area contributed by atoms with Crippen molar-refractivity contribution < 1.29 is 23.4 Å². The van der Waals surface area contributed by atoms with Gasteiger partial charge in [-0.25, -0.2) is 0 Å². The van der Waals surface area contributed by atoms with Gasteiger partial charge in [0, 0.05) is 11.8 Å². The Morgan fingerprint density at radius 1 is 1.27 bits per heavy atom. The molecule has 0 radical (unpaired) electrons. The number of nitrogens with one attached hydrogen (secondary N) is 2. The number of hydrogen-bond donors (Lipinski definition) is 3. The Morgan fingerprint density at radius 2 is 1.97 bits per heavy atom. The number of amides is 1. The van der Waals surface area contributed by atoms with Crippen LogP contribution in [-0.4, -0.2) is 49.7 Å². The van der Waals surface area contributed by atoms with Crippen LogP contribution in [0.2, 0.25) is 0 Å². The summed E-state index contributed by atoms with van der Waals surface area (Å²) in [6.07, 6.45) is 1.96. The number of benzene rings is 1. The Bertz CT molecular complexity index is 1070. The second-order valence-electron chi connectivity index (χ2n) is 6.52. The van der Waals surface area contributed by atoms with Crippen LogP contribution in [0.1, 0.15) is 24.2 Å². The molecule has 3 aromatic rings. The molecular formula is C19H19F2N5O4. The molecule has 11 heteroatoms. The minimum atomic E-state index is -2.96. The highest BCUT2D eigenvalue weighted by molar-refractivity contribution is 5.95. The van der Waals surface area contributed by atoms with Gasteiger partial charge in [-0.15, -0.1) is 0 Å². The highest BCUT2D eigenvalue weighted by atomic mass is 19.3. The van der Waals surface area contributed by atoms with Crippen molar-refractivity contribution in [1.82, 2.24) is 25.3 Å². The third-order valence-electron chi connectivity index (χ3n) is 4.34. The smallest absolute Gasteiger partial charge is 0.387 e. The minimum absolute atomic E-state index is 0.0411. The first-order valence-electron chi connectivity index (χ1n) is 8.94. The number of aromatic amines is 1. The molecule has 0 aliphatic heterocycles. The van der Waals surface area contributed by atoms with E-state index in [0.717, 1.165) is 4.68 Å². The number of ether oxygens (including phenoxy) is 1. The van der Waals surface area contributed by atoms with E-state index in [1.165, 1.54) is 49.6 Å². The van der Waals surface area contributed by atoms with Gasteiger partial charge in [0.05, 0.1) is 24.0 Å². The Morgan fingerprint density at radius 3 is 2.53 bits per heavy atom. The number of aliphatic hydroxyl groups excluding tert-OH is 1. The number of rotatable bonds is 7. The average molecular weight is 419 g/mol. The molecule has 3 N–H and O–H groups in total. The van der Waals surface area contributed by atoms with Crippen molar-refractivity contribution in [2.45, 2.75) is 32.6 Å². The second-order valence-corrected chi connectivity index (χ2v) is 6.52. The Balaban J connectivity index is 2.06. The average Bonchev–Trinajstić information content (AvgIpc) is 3.22. The number of hydrogen-bond acceptors (Lipinski definition) is 6. The van der Waals surface area contributed by atoms with E-state index in [-0.39, 0.29) is 17.0 Å². The molecule has 0 aliphatic carbocycles. The molecule has 1 aromatic carbocycles. The van der Waals surface area contributed by atoms with Crippen molar-refractivity contribution >= 4 is 5.91 Å². The molecule has 0 saturated heterocycles. The lowest BCUT2D eigenvalue weighted by Gasteiger charge is -2.17. The first-order valence-corrected chi connectivity index (χ1v) is 8.94. The zero-order chi connectivity index (χ0) is 21.8. The van der Waals surface area contributed by atoms with Crippen molar-refractivity contribution in [3.8, 4) is 22.7 Å². The molecule has 30 heavy (non-hydrogen) atoms. The van der Waals surface area contributed by atoms with Gasteiger partial charge in [0.1, 0.15) is 17.0 Å². The van der Waals surface area contributed by atoms with Crippen LogP contribution in [0.5, 0.6) is 5.75 Å². The van der Waals surface area contributed by atoms with Gasteiger partial charge in [-0.2, -0.15) is 23.7 Å². The van der Waals surface area contributed by atoms with Gasteiger partial charge in [0.25, 0.3) is 11.5 Å². The summed E-state index contributed by atoms with van der Waals surface area (Å²) in [5.41, 5.74) is 0.118. The summed E-state index contributed by atoms with van der Waals surface area (Å²) in [6.45, 7) is 0.152. The number of nitrogens with zero attached hydrogens (tertiary/aromatic N) is 3. The first kappa shape index (κ1) is 21.1. The molecule has 0 bridgehead atoms. The predicted octanol–water partition coefficient (Wildman–Crippen LogP) is 1.72. The van der Waals surface area contributed by atoms with Gasteiger partial charge in [0.15, 0.2) is 0 Å².